The third-order valence-corrected chi connectivity index (χ3v) is 6.40. The monoisotopic (exact) mass is 465 g/mol. The van der Waals surface area contributed by atoms with E-state index in [0.717, 1.165) is 27.8 Å². The van der Waals surface area contributed by atoms with E-state index in [1.165, 1.54) is 17.3 Å². The van der Waals surface area contributed by atoms with Gasteiger partial charge in [-0.15, -0.1) is 0 Å². The highest BCUT2D eigenvalue weighted by Gasteiger charge is 2.14. The molecule has 1 N–H and O–H groups in total. The van der Waals surface area contributed by atoms with Gasteiger partial charge in [0.05, 0.1) is 18.0 Å². The molecule has 2 aromatic heterocycles. The van der Waals surface area contributed by atoms with Crippen LogP contribution in [-0.4, -0.2) is 31.0 Å². The molecule has 0 aliphatic heterocycles. The molecule has 0 atom stereocenters. The van der Waals surface area contributed by atoms with Gasteiger partial charge in [-0.3, -0.25) is 14.0 Å². The molecule has 0 saturated carbocycles. The summed E-state index contributed by atoms with van der Waals surface area (Å²) in [6.07, 6.45) is 3.58. The van der Waals surface area contributed by atoms with Crippen LogP contribution in [0, 0.1) is 13.8 Å². The van der Waals surface area contributed by atoms with Crippen LogP contribution in [0.5, 0.6) is 0 Å². The van der Waals surface area contributed by atoms with Gasteiger partial charge >= 0.3 is 0 Å². The SMILES string of the molecule is Cc1nn(Cc2ccccc2)c(C)c1CNC(=O)CSc1nccn1-c1cccc(Cl)c1. The number of benzene rings is 2. The summed E-state index contributed by atoms with van der Waals surface area (Å²) < 4.78 is 3.91. The molecule has 2 heterocycles. The molecular weight excluding hydrogens is 442 g/mol. The lowest BCUT2D eigenvalue weighted by Crippen LogP contribution is -2.25. The van der Waals surface area contributed by atoms with Crippen molar-refractivity contribution in [2.45, 2.75) is 32.1 Å². The highest BCUT2D eigenvalue weighted by molar-refractivity contribution is 7.99. The van der Waals surface area contributed by atoms with Crippen molar-refractivity contribution in [2.75, 3.05) is 5.75 Å². The third-order valence-electron chi connectivity index (χ3n) is 5.19. The predicted octanol–water partition coefficient (Wildman–Crippen LogP) is 4.80. The zero-order valence-electron chi connectivity index (χ0n) is 18.0. The molecule has 0 aliphatic carbocycles. The summed E-state index contributed by atoms with van der Waals surface area (Å²) in [4.78, 5) is 16.9. The van der Waals surface area contributed by atoms with E-state index in [9.17, 15) is 4.79 Å². The molecule has 0 fully saturated rings. The minimum absolute atomic E-state index is 0.0507. The van der Waals surface area contributed by atoms with Gasteiger partial charge in [0, 0.05) is 40.9 Å². The normalized spacial score (nSPS) is 11.0. The molecule has 8 heteroatoms. The van der Waals surface area contributed by atoms with Crippen LogP contribution in [0.15, 0.2) is 72.1 Å². The molecule has 0 unspecified atom stereocenters. The summed E-state index contributed by atoms with van der Waals surface area (Å²) in [6, 6.07) is 17.8. The number of carbonyl (C=O) groups excluding carboxylic acids is 1. The van der Waals surface area contributed by atoms with Crippen LogP contribution < -0.4 is 5.32 Å². The van der Waals surface area contributed by atoms with Crippen molar-refractivity contribution < 1.29 is 4.79 Å². The van der Waals surface area contributed by atoms with E-state index in [-0.39, 0.29) is 11.7 Å². The van der Waals surface area contributed by atoms with Crippen LogP contribution in [0.4, 0.5) is 0 Å². The maximum atomic E-state index is 12.5. The molecule has 4 rings (SSSR count). The van der Waals surface area contributed by atoms with Crippen LogP contribution in [0.2, 0.25) is 5.02 Å². The van der Waals surface area contributed by atoms with Crippen molar-refractivity contribution in [1.29, 1.82) is 0 Å². The molecule has 2 aromatic carbocycles. The van der Waals surface area contributed by atoms with Gasteiger partial charge in [-0.2, -0.15) is 5.10 Å². The Labute approximate surface area is 196 Å². The number of hydrogen-bond acceptors (Lipinski definition) is 4. The molecule has 164 valence electrons. The van der Waals surface area contributed by atoms with E-state index in [2.05, 4.69) is 27.5 Å². The molecule has 0 spiro atoms. The summed E-state index contributed by atoms with van der Waals surface area (Å²) in [7, 11) is 0. The fourth-order valence-electron chi connectivity index (χ4n) is 3.49. The number of thioether (sulfide) groups is 1. The van der Waals surface area contributed by atoms with Crippen molar-refractivity contribution in [3.63, 3.8) is 0 Å². The Balaban J connectivity index is 1.35. The van der Waals surface area contributed by atoms with Crippen molar-refractivity contribution >= 4 is 29.3 Å². The Kier molecular flexibility index (Phi) is 6.97. The van der Waals surface area contributed by atoms with E-state index >= 15 is 0 Å². The summed E-state index contributed by atoms with van der Waals surface area (Å²) >= 11 is 7.49. The second-order valence-electron chi connectivity index (χ2n) is 7.42. The van der Waals surface area contributed by atoms with Gasteiger partial charge < -0.3 is 5.32 Å². The van der Waals surface area contributed by atoms with E-state index in [0.29, 0.717) is 18.1 Å². The van der Waals surface area contributed by atoms with Crippen molar-refractivity contribution in [2.24, 2.45) is 0 Å². The number of nitrogens with one attached hydrogen (secondary N) is 1. The Hall–Kier alpha value is -3.03. The number of imidazole rings is 1. The third kappa shape index (κ3) is 5.23. The number of rotatable bonds is 8. The molecule has 4 aromatic rings. The Morgan fingerprint density at radius 1 is 1.12 bits per heavy atom. The summed E-state index contributed by atoms with van der Waals surface area (Å²) in [5.74, 6) is 0.221. The number of aromatic nitrogens is 4. The molecular formula is C24H24ClN5OS. The largest absolute Gasteiger partial charge is 0.351 e. The topological polar surface area (TPSA) is 64.7 Å². The Bertz CT molecular complexity index is 1220. The van der Waals surface area contributed by atoms with Gasteiger partial charge in [0.1, 0.15) is 0 Å². The summed E-state index contributed by atoms with van der Waals surface area (Å²) in [5, 5.41) is 9.07. The summed E-state index contributed by atoms with van der Waals surface area (Å²) in [6.45, 7) is 5.19. The Morgan fingerprint density at radius 3 is 2.72 bits per heavy atom. The van der Waals surface area contributed by atoms with Crippen molar-refractivity contribution in [3.05, 3.63) is 94.5 Å². The smallest absolute Gasteiger partial charge is 0.230 e. The Morgan fingerprint density at radius 2 is 1.94 bits per heavy atom. The number of aryl methyl sites for hydroxylation is 1. The number of amides is 1. The lowest BCUT2D eigenvalue weighted by atomic mass is 10.2. The minimum Gasteiger partial charge on any atom is -0.351 e. The number of nitrogens with zero attached hydrogens (tertiary/aromatic N) is 4. The van der Waals surface area contributed by atoms with Crippen LogP contribution in [0.25, 0.3) is 5.69 Å². The molecule has 0 saturated heterocycles. The first-order chi connectivity index (χ1) is 15.5. The number of hydrogen-bond donors (Lipinski definition) is 1. The lowest BCUT2D eigenvalue weighted by molar-refractivity contribution is -0.118. The van der Waals surface area contributed by atoms with Crippen LogP contribution in [-0.2, 0) is 17.9 Å². The highest BCUT2D eigenvalue weighted by Crippen LogP contribution is 2.22. The van der Waals surface area contributed by atoms with Crippen LogP contribution >= 0.6 is 23.4 Å². The van der Waals surface area contributed by atoms with E-state index in [1.807, 2.05) is 71.8 Å². The fourth-order valence-corrected chi connectivity index (χ4v) is 4.47. The number of halogens is 1. The van der Waals surface area contributed by atoms with Gasteiger partial charge in [0.2, 0.25) is 5.91 Å². The van der Waals surface area contributed by atoms with Gasteiger partial charge in [-0.25, -0.2) is 4.98 Å². The molecule has 0 radical (unpaired) electrons. The van der Waals surface area contributed by atoms with Crippen molar-refractivity contribution in [3.8, 4) is 5.69 Å². The molecule has 1 amide bonds. The maximum Gasteiger partial charge on any atom is 0.230 e. The second-order valence-corrected chi connectivity index (χ2v) is 8.80. The molecule has 0 bridgehead atoms. The van der Waals surface area contributed by atoms with Crippen LogP contribution in [0.3, 0.4) is 0 Å². The average molecular weight is 466 g/mol. The number of carbonyl (C=O) groups is 1. The van der Waals surface area contributed by atoms with Gasteiger partial charge in [0.15, 0.2) is 5.16 Å². The van der Waals surface area contributed by atoms with E-state index in [4.69, 9.17) is 11.6 Å². The molecule has 0 aliphatic rings. The van der Waals surface area contributed by atoms with Crippen molar-refractivity contribution in [1.82, 2.24) is 24.6 Å². The highest BCUT2D eigenvalue weighted by atomic mass is 35.5. The first kappa shape index (κ1) is 22.2. The van der Waals surface area contributed by atoms with E-state index in [1.54, 1.807) is 6.20 Å². The van der Waals surface area contributed by atoms with Gasteiger partial charge in [-0.1, -0.05) is 59.8 Å². The zero-order valence-corrected chi connectivity index (χ0v) is 19.5. The van der Waals surface area contributed by atoms with Gasteiger partial charge in [-0.05, 0) is 37.6 Å². The molecule has 32 heavy (non-hydrogen) atoms. The zero-order chi connectivity index (χ0) is 22.5. The fraction of sp³-hybridized carbons (Fsp3) is 0.208. The quantitative estimate of drug-likeness (QED) is 0.380. The van der Waals surface area contributed by atoms with E-state index < -0.39 is 0 Å². The summed E-state index contributed by atoms with van der Waals surface area (Å²) in [5.41, 5.74) is 5.16. The minimum atomic E-state index is -0.0507. The lowest BCUT2D eigenvalue weighted by Gasteiger charge is -2.09. The first-order valence-electron chi connectivity index (χ1n) is 10.3. The standard InChI is InChI=1S/C24H24ClN5OS/c1-17-22(18(2)30(28-17)15-19-7-4-3-5-8-19)14-27-23(31)16-32-24-26-11-12-29(24)21-10-6-9-20(25)13-21/h3-13H,14-16H2,1-2H3,(H,27,31). The average Bonchev–Trinajstić information content (AvgIpc) is 3.36. The first-order valence-corrected chi connectivity index (χ1v) is 11.6. The maximum absolute atomic E-state index is 12.5. The predicted molar refractivity (Wildman–Crippen MR) is 128 cm³/mol. The van der Waals surface area contributed by atoms with Crippen LogP contribution in [0.1, 0.15) is 22.5 Å². The molecule has 6 nitrogen and oxygen atoms in total. The second kappa shape index (κ2) is 10.1. The van der Waals surface area contributed by atoms with Gasteiger partial charge in [0.25, 0.3) is 0 Å².